The number of aryl methyl sites for hydroxylation is 3. The standard InChI is InChI=1S/C20H21N3O2S/c1-13-5-4-6-14(2)19(13)26-12-17-7-8-18(25-17)20(24)23-11-16-10-21-15(3)9-22-16/h4-10H,11-12H2,1-3H3,(H,23,24). The smallest absolute Gasteiger partial charge is 0.287 e. The molecule has 0 saturated carbocycles. The van der Waals surface area contributed by atoms with Crippen LogP contribution < -0.4 is 5.32 Å². The molecule has 0 aliphatic rings. The van der Waals surface area contributed by atoms with E-state index in [2.05, 4.69) is 47.3 Å². The van der Waals surface area contributed by atoms with Crippen LogP contribution in [-0.2, 0) is 12.3 Å². The number of carbonyl (C=O) groups excluding carboxylic acids is 1. The monoisotopic (exact) mass is 367 g/mol. The lowest BCUT2D eigenvalue weighted by Gasteiger charge is -2.07. The van der Waals surface area contributed by atoms with E-state index in [1.165, 1.54) is 16.0 Å². The lowest BCUT2D eigenvalue weighted by molar-refractivity contribution is 0.0921. The van der Waals surface area contributed by atoms with Crippen LogP contribution in [-0.4, -0.2) is 15.9 Å². The number of furan rings is 1. The molecule has 2 aromatic heterocycles. The summed E-state index contributed by atoms with van der Waals surface area (Å²) in [5, 5.41) is 2.80. The largest absolute Gasteiger partial charge is 0.455 e. The number of aromatic nitrogens is 2. The normalized spacial score (nSPS) is 10.7. The highest BCUT2D eigenvalue weighted by Gasteiger charge is 2.12. The van der Waals surface area contributed by atoms with Gasteiger partial charge in [0.15, 0.2) is 5.76 Å². The summed E-state index contributed by atoms with van der Waals surface area (Å²) in [5.41, 5.74) is 4.05. The molecule has 1 amide bonds. The molecule has 0 unspecified atom stereocenters. The third-order valence-electron chi connectivity index (χ3n) is 3.92. The zero-order valence-corrected chi connectivity index (χ0v) is 15.9. The van der Waals surface area contributed by atoms with Gasteiger partial charge in [-0.05, 0) is 44.0 Å². The molecule has 1 aromatic carbocycles. The quantitative estimate of drug-likeness (QED) is 0.661. The number of carbonyl (C=O) groups is 1. The van der Waals surface area contributed by atoms with E-state index in [-0.39, 0.29) is 5.91 Å². The van der Waals surface area contributed by atoms with E-state index in [0.29, 0.717) is 23.8 Å². The van der Waals surface area contributed by atoms with E-state index in [1.807, 2.05) is 13.0 Å². The highest BCUT2D eigenvalue weighted by atomic mass is 32.2. The van der Waals surface area contributed by atoms with Crippen LogP contribution in [0.25, 0.3) is 0 Å². The van der Waals surface area contributed by atoms with E-state index in [9.17, 15) is 4.79 Å². The second-order valence-corrected chi connectivity index (χ2v) is 7.09. The van der Waals surface area contributed by atoms with Gasteiger partial charge in [0, 0.05) is 11.1 Å². The van der Waals surface area contributed by atoms with Crippen molar-refractivity contribution in [2.24, 2.45) is 0 Å². The molecule has 26 heavy (non-hydrogen) atoms. The average molecular weight is 367 g/mol. The molecular formula is C20H21N3O2S. The molecule has 3 aromatic rings. The summed E-state index contributed by atoms with van der Waals surface area (Å²) in [6.45, 7) is 6.39. The minimum absolute atomic E-state index is 0.254. The van der Waals surface area contributed by atoms with Crippen molar-refractivity contribution in [3.8, 4) is 0 Å². The van der Waals surface area contributed by atoms with E-state index < -0.39 is 0 Å². The van der Waals surface area contributed by atoms with Gasteiger partial charge in [-0.2, -0.15) is 0 Å². The Morgan fingerprint density at radius 2 is 1.85 bits per heavy atom. The van der Waals surface area contributed by atoms with Gasteiger partial charge in [0.1, 0.15) is 5.76 Å². The van der Waals surface area contributed by atoms with Crippen LogP contribution in [0.1, 0.15) is 38.8 Å². The molecule has 2 heterocycles. The predicted octanol–water partition coefficient (Wildman–Crippen LogP) is 4.22. The summed E-state index contributed by atoms with van der Waals surface area (Å²) in [5.74, 6) is 1.51. The minimum Gasteiger partial charge on any atom is -0.455 e. The maximum absolute atomic E-state index is 12.2. The average Bonchev–Trinajstić information content (AvgIpc) is 3.10. The van der Waals surface area contributed by atoms with Crippen molar-refractivity contribution < 1.29 is 9.21 Å². The van der Waals surface area contributed by atoms with Crippen LogP contribution >= 0.6 is 11.8 Å². The molecule has 6 heteroatoms. The zero-order chi connectivity index (χ0) is 18.5. The molecule has 0 saturated heterocycles. The molecule has 0 radical (unpaired) electrons. The van der Waals surface area contributed by atoms with E-state index in [4.69, 9.17) is 4.42 Å². The summed E-state index contributed by atoms with van der Waals surface area (Å²) in [6, 6.07) is 9.81. The van der Waals surface area contributed by atoms with Crippen LogP contribution in [0, 0.1) is 20.8 Å². The third-order valence-corrected chi connectivity index (χ3v) is 5.28. The number of rotatable bonds is 6. The van der Waals surface area contributed by atoms with E-state index >= 15 is 0 Å². The van der Waals surface area contributed by atoms with E-state index in [0.717, 1.165) is 11.5 Å². The first kappa shape index (κ1) is 18.2. The topological polar surface area (TPSA) is 68.0 Å². The number of thioether (sulfide) groups is 1. The molecule has 0 aliphatic carbocycles. The fraction of sp³-hybridized carbons (Fsp3) is 0.250. The zero-order valence-electron chi connectivity index (χ0n) is 15.1. The highest BCUT2D eigenvalue weighted by Crippen LogP contribution is 2.29. The van der Waals surface area contributed by atoms with Crippen molar-refractivity contribution >= 4 is 17.7 Å². The number of amides is 1. The van der Waals surface area contributed by atoms with Gasteiger partial charge >= 0.3 is 0 Å². The first-order valence-corrected chi connectivity index (χ1v) is 9.35. The lowest BCUT2D eigenvalue weighted by atomic mass is 10.2. The SMILES string of the molecule is Cc1cnc(CNC(=O)c2ccc(CSc3c(C)cccc3C)o2)cn1. The van der Waals surface area contributed by atoms with Crippen LogP contribution in [0.15, 0.2) is 52.0 Å². The molecule has 0 spiro atoms. The predicted molar refractivity (Wildman–Crippen MR) is 102 cm³/mol. The van der Waals surface area contributed by atoms with Crippen molar-refractivity contribution in [1.82, 2.24) is 15.3 Å². The molecule has 0 bridgehead atoms. The first-order valence-electron chi connectivity index (χ1n) is 8.36. The molecule has 0 aliphatic heterocycles. The maximum Gasteiger partial charge on any atom is 0.287 e. The Morgan fingerprint density at radius 1 is 1.08 bits per heavy atom. The van der Waals surface area contributed by atoms with Crippen LogP contribution in [0.5, 0.6) is 0 Å². The third kappa shape index (κ3) is 4.52. The minimum atomic E-state index is -0.254. The Labute approximate surface area is 157 Å². The summed E-state index contributed by atoms with van der Waals surface area (Å²) in [4.78, 5) is 21.9. The van der Waals surface area contributed by atoms with Gasteiger partial charge in [0.05, 0.1) is 29.9 Å². The Balaban J connectivity index is 1.57. The van der Waals surface area contributed by atoms with Crippen molar-refractivity contribution in [3.63, 3.8) is 0 Å². The summed E-state index contributed by atoms with van der Waals surface area (Å²) < 4.78 is 5.69. The maximum atomic E-state index is 12.2. The van der Waals surface area contributed by atoms with Gasteiger partial charge in [-0.25, -0.2) is 0 Å². The van der Waals surface area contributed by atoms with Gasteiger partial charge in [0.25, 0.3) is 5.91 Å². The number of nitrogens with zero attached hydrogens (tertiary/aromatic N) is 2. The van der Waals surface area contributed by atoms with Crippen molar-refractivity contribution in [1.29, 1.82) is 0 Å². The fourth-order valence-electron chi connectivity index (χ4n) is 2.52. The van der Waals surface area contributed by atoms with Gasteiger partial charge in [0.2, 0.25) is 0 Å². The fourth-order valence-corrected chi connectivity index (χ4v) is 3.55. The Hall–Kier alpha value is -2.60. The summed E-state index contributed by atoms with van der Waals surface area (Å²) in [7, 11) is 0. The number of nitrogens with one attached hydrogen (secondary N) is 1. The summed E-state index contributed by atoms with van der Waals surface area (Å²) in [6.07, 6.45) is 3.33. The Morgan fingerprint density at radius 3 is 2.54 bits per heavy atom. The molecule has 5 nitrogen and oxygen atoms in total. The Bertz CT molecular complexity index is 883. The first-order chi connectivity index (χ1) is 12.5. The van der Waals surface area contributed by atoms with E-state index in [1.54, 1.807) is 30.2 Å². The van der Waals surface area contributed by atoms with Gasteiger partial charge in [-0.1, -0.05) is 18.2 Å². The van der Waals surface area contributed by atoms with Gasteiger partial charge in [-0.15, -0.1) is 11.8 Å². The van der Waals surface area contributed by atoms with Crippen molar-refractivity contribution in [2.45, 2.75) is 38.0 Å². The van der Waals surface area contributed by atoms with Crippen LogP contribution in [0.2, 0.25) is 0 Å². The molecule has 0 atom stereocenters. The second-order valence-electron chi connectivity index (χ2n) is 6.11. The lowest BCUT2D eigenvalue weighted by Crippen LogP contribution is -2.22. The van der Waals surface area contributed by atoms with Crippen molar-refractivity contribution in [3.05, 3.63) is 76.8 Å². The number of benzene rings is 1. The summed E-state index contributed by atoms with van der Waals surface area (Å²) >= 11 is 1.72. The van der Waals surface area contributed by atoms with Crippen LogP contribution in [0.4, 0.5) is 0 Å². The van der Waals surface area contributed by atoms with Gasteiger partial charge in [-0.3, -0.25) is 14.8 Å². The Kier molecular flexibility index (Phi) is 5.73. The molecule has 134 valence electrons. The highest BCUT2D eigenvalue weighted by molar-refractivity contribution is 7.98. The number of hydrogen-bond acceptors (Lipinski definition) is 5. The molecule has 0 fully saturated rings. The second kappa shape index (κ2) is 8.19. The van der Waals surface area contributed by atoms with Gasteiger partial charge < -0.3 is 9.73 Å². The molecular weight excluding hydrogens is 346 g/mol. The van der Waals surface area contributed by atoms with Crippen molar-refractivity contribution in [2.75, 3.05) is 0 Å². The molecule has 1 N–H and O–H groups in total. The number of hydrogen-bond donors (Lipinski definition) is 1. The molecule has 3 rings (SSSR count). The van der Waals surface area contributed by atoms with Crippen LogP contribution in [0.3, 0.4) is 0 Å².